The third-order valence-electron chi connectivity index (χ3n) is 0.287. The van der Waals surface area contributed by atoms with Crippen LogP contribution in [0.2, 0.25) is 0 Å². The fourth-order valence-corrected chi connectivity index (χ4v) is 0.798. The van der Waals surface area contributed by atoms with Gasteiger partial charge in [0.2, 0.25) is 0 Å². The first kappa shape index (κ1) is 5.21. The van der Waals surface area contributed by atoms with Crippen molar-refractivity contribution in [3.8, 4) is 6.26 Å². The molecular weight excluding hydrogens is 129 g/mol. The minimum Gasteiger partial charge on any atom is -0.410 e. The first-order chi connectivity index (χ1) is 3.81. The Hall–Kier alpha value is 0.0700. The smallest absolute Gasteiger partial charge is 0.288 e. The summed E-state index contributed by atoms with van der Waals surface area (Å²) in [6.07, 6.45) is 3.36. The van der Waals surface area contributed by atoms with Crippen LogP contribution in [-0.2, 0) is 4.52 Å². The minimum atomic E-state index is -1.23. The van der Waals surface area contributed by atoms with Crippen molar-refractivity contribution in [2.75, 3.05) is 11.7 Å². The van der Waals surface area contributed by atoms with Crippen LogP contribution in [0.25, 0.3) is 0 Å². The van der Waals surface area contributed by atoms with Crippen molar-refractivity contribution in [1.29, 1.82) is 6.54 Å². The van der Waals surface area contributed by atoms with Crippen LogP contribution in [0.4, 0.5) is 0 Å². The highest BCUT2D eigenvalue weighted by molar-refractivity contribution is 8.02. The first-order valence-electron chi connectivity index (χ1n) is 2.07. The fourth-order valence-electron chi connectivity index (χ4n) is 0.108. The maximum absolute atomic E-state index is 7.88. The Morgan fingerprint density at radius 3 is 3.43 bits per heavy atom. The van der Waals surface area contributed by atoms with E-state index >= 15 is 0 Å². The normalized spacial score (nSPS) is 14.0. The first-order valence-corrected chi connectivity index (χ1v) is 4.01. The third kappa shape index (κ3) is 6.07. The Bertz CT molecular complexity index is 95.8. The molecule has 0 saturated carbocycles. The van der Waals surface area contributed by atoms with Crippen LogP contribution in [0.1, 0.15) is 0 Å². The van der Waals surface area contributed by atoms with Gasteiger partial charge in [-0.1, -0.05) is 0 Å². The largest absolute Gasteiger partial charge is 0.410 e. The summed E-state index contributed by atoms with van der Waals surface area (Å²) >= 11 is 1.51. The number of thioether (sulfide) groups is 1. The lowest BCUT2D eigenvalue weighted by atomic mass is 11.6. The van der Waals surface area contributed by atoms with Crippen molar-refractivity contribution in [3.05, 3.63) is 0 Å². The van der Waals surface area contributed by atoms with E-state index in [1.165, 1.54) is 18.0 Å². The van der Waals surface area contributed by atoms with E-state index in [-0.39, 0.29) is 0 Å². The van der Waals surface area contributed by atoms with Crippen molar-refractivity contribution in [2.45, 2.75) is 0 Å². The lowest BCUT2D eigenvalue weighted by molar-refractivity contribution is 0.583. The average molecular weight is 136 g/mol. The summed E-state index contributed by atoms with van der Waals surface area (Å²) in [4.78, 5) is 0. The molecule has 7 heavy (non-hydrogen) atoms. The molecule has 1 unspecified atom stereocenters. The maximum atomic E-state index is 7.88. The summed E-state index contributed by atoms with van der Waals surface area (Å²) in [6.45, 7) is 0. The Morgan fingerprint density at radius 1 is 2.29 bits per heavy atom. The monoisotopic (exact) mass is 136 g/mol. The van der Waals surface area contributed by atoms with Crippen molar-refractivity contribution < 1.29 is 4.52 Å². The van der Waals surface area contributed by atoms with E-state index in [4.69, 9.17) is 6.54 Å². The Labute approximate surface area is 50.4 Å². The number of nitriles is 1. The van der Waals surface area contributed by atoms with Crippen LogP contribution in [0.3, 0.4) is 0 Å². The third-order valence-corrected chi connectivity index (χ3v) is 1.95. The molecule has 0 aromatic carbocycles. The number of hydrogen-bond acceptors (Lipinski definition) is 3. The van der Waals surface area contributed by atoms with Crippen molar-refractivity contribution in [2.24, 2.45) is 0 Å². The van der Waals surface area contributed by atoms with Gasteiger partial charge >= 0.3 is 0 Å². The quantitative estimate of drug-likeness (QED) is 0.434. The summed E-state index contributed by atoms with van der Waals surface area (Å²) in [5.74, 6) is 0. The Morgan fingerprint density at radius 2 is 3.00 bits per heavy atom. The van der Waals surface area contributed by atoms with Gasteiger partial charge in [-0.15, -0.1) is 0 Å². The molecule has 0 spiro atoms. The molecule has 0 radical (unpaired) electrons. The molecule has 0 fully saturated rings. The van der Waals surface area contributed by atoms with Crippen LogP contribution >= 0.6 is 20.5 Å². The van der Waals surface area contributed by atoms with Crippen molar-refractivity contribution >= 4 is 20.5 Å². The Kier molecular flexibility index (Phi) is 4.52. The van der Waals surface area contributed by atoms with E-state index in [1.807, 2.05) is 6.26 Å². The second-order valence-corrected chi connectivity index (χ2v) is 2.78. The van der Waals surface area contributed by atoms with Crippen molar-refractivity contribution in [3.63, 3.8) is 0 Å². The highest BCUT2D eigenvalue weighted by atomic mass is 32.2. The van der Waals surface area contributed by atoms with Gasteiger partial charge in [0.25, 0.3) is 6.26 Å². The summed E-state index contributed by atoms with van der Waals surface area (Å²) in [5, 5.41) is 7.88. The van der Waals surface area contributed by atoms with Gasteiger partial charge in [-0.2, -0.15) is 17.0 Å². The van der Waals surface area contributed by atoms with Crippen molar-refractivity contribution in [1.82, 2.24) is 0 Å². The van der Waals surface area contributed by atoms with Gasteiger partial charge in [-0.05, 0) is 6.26 Å². The molecule has 0 amide bonds. The number of rotatable bonds is 3. The van der Waals surface area contributed by atoms with Gasteiger partial charge < -0.3 is 4.52 Å². The molecule has 4 heteroatoms. The van der Waals surface area contributed by atoms with E-state index in [0.29, 0.717) is 5.49 Å². The van der Waals surface area contributed by atoms with E-state index in [0.717, 1.165) is 0 Å². The molecule has 40 valence electrons. The molecule has 2 nitrogen and oxygen atoms in total. The molecule has 0 aromatic rings. The van der Waals surface area contributed by atoms with Gasteiger partial charge in [-0.25, -0.2) is 0 Å². The second kappa shape index (κ2) is 6.07. The number of hydrogen-bond donors (Lipinski definition) is 0. The summed E-state index contributed by atoms with van der Waals surface area (Å²) in [5.41, 5.74) is 0.614. The molecule has 0 aliphatic carbocycles. The molecule has 0 N–H and O–H groups in total. The fraction of sp³-hybridized carbons (Fsp3) is 0.667. The highest BCUT2D eigenvalue weighted by Gasteiger charge is 1.79. The SMILES string of the molecule is [2H]P(CSC)OC#N. The molecule has 1 atom stereocenters. The zero-order chi connectivity index (χ0) is 6.41. The molecular formula is C3H6NOPS. The summed E-state index contributed by atoms with van der Waals surface area (Å²) in [7, 11) is -1.23. The lowest BCUT2D eigenvalue weighted by Gasteiger charge is -1.87. The topological polar surface area (TPSA) is 33.0 Å². The lowest BCUT2D eigenvalue weighted by Crippen LogP contribution is -1.62. The van der Waals surface area contributed by atoms with Crippen LogP contribution in [-0.4, -0.2) is 13.0 Å². The summed E-state index contributed by atoms with van der Waals surface area (Å²) < 4.78 is 11.3. The zero-order valence-electron chi connectivity index (χ0n) is 4.92. The standard InChI is InChI=1S/C3H6NOPS/c1-7-3-6-5-2-4/h6H,3H2,1H3/i6D. The van der Waals surface area contributed by atoms with Gasteiger partial charge in [0, 0.05) is 5.49 Å². The second-order valence-electron chi connectivity index (χ2n) is 0.729. The summed E-state index contributed by atoms with van der Waals surface area (Å²) in [6, 6.07) is 0. The van der Waals surface area contributed by atoms with Crippen LogP contribution in [0.5, 0.6) is 0 Å². The van der Waals surface area contributed by atoms with Crippen LogP contribution < -0.4 is 0 Å². The van der Waals surface area contributed by atoms with Crippen LogP contribution in [0, 0.1) is 11.5 Å². The minimum absolute atomic E-state index is 0.614. The van der Waals surface area contributed by atoms with Gasteiger partial charge in [0.1, 0.15) is 1.28 Å². The number of nitrogens with zero attached hydrogens (tertiary/aromatic N) is 1. The van der Waals surface area contributed by atoms with E-state index in [1.54, 1.807) is 0 Å². The predicted octanol–water partition coefficient (Wildman–Crippen LogP) is 1.40. The van der Waals surface area contributed by atoms with Crippen LogP contribution in [0.15, 0.2) is 0 Å². The average Bonchev–Trinajstić information content (AvgIpc) is 1.68. The molecule has 0 bridgehead atoms. The van der Waals surface area contributed by atoms with E-state index < -0.39 is 8.75 Å². The molecule has 0 rings (SSSR count). The highest BCUT2D eigenvalue weighted by Crippen LogP contribution is 2.15. The molecule has 0 aliphatic heterocycles. The van der Waals surface area contributed by atoms with E-state index in [2.05, 4.69) is 4.52 Å². The van der Waals surface area contributed by atoms with Gasteiger partial charge in [0.15, 0.2) is 0 Å². The molecule has 0 saturated heterocycles. The Balaban J connectivity index is 3.08. The predicted molar refractivity (Wildman–Crippen MR) is 33.4 cm³/mol. The molecule has 0 aliphatic rings. The van der Waals surface area contributed by atoms with E-state index in [9.17, 15) is 0 Å². The zero-order valence-corrected chi connectivity index (χ0v) is 5.63. The van der Waals surface area contributed by atoms with Gasteiger partial charge in [0.05, 0.1) is 8.75 Å². The van der Waals surface area contributed by atoms with Gasteiger partial charge in [-0.3, -0.25) is 0 Å². The molecule has 0 heterocycles. The molecule has 0 aromatic heterocycles. The maximum Gasteiger partial charge on any atom is 0.288 e.